The number of hydrogen-bond acceptors (Lipinski definition) is 1. The van der Waals surface area contributed by atoms with E-state index in [1.807, 2.05) is 0 Å². The SMILES string of the molecule is C1CCC(NC2CCCCC2)CC1.[K]. The summed E-state index contributed by atoms with van der Waals surface area (Å²) in [5.41, 5.74) is 0. The fourth-order valence-electron chi connectivity index (χ4n) is 2.87. The quantitative estimate of drug-likeness (QED) is 0.706. The Balaban J connectivity index is 0.000000980. The minimum absolute atomic E-state index is 0. The molecular weight excluding hydrogens is 197 g/mol. The molecule has 1 nitrogen and oxygen atoms in total. The molecule has 0 aliphatic heterocycles. The van der Waals surface area contributed by atoms with Crippen LogP contribution in [-0.4, -0.2) is 63.5 Å². The molecule has 0 aromatic rings. The first-order chi connectivity index (χ1) is 6.45. The number of hydrogen-bond donors (Lipinski definition) is 1. The monoisotopic (exact) mass is 220 g/mol. The summed E-state index contributed by atoms with van der Waals surface area (Å²) in [4.78, 5) is 0. The molecule has 14 heavy (non-hydrogen) atoms. The van der Waals surface area contributed by atoms with Crippen molar-refractivity contribution in [1.82, 2.24) is 5.32 Å². The zero-order chi connectivity index (χ0) is 8.93. The first kappa shape index (κ1) is 13.7. The van der Waals surface area contributed by atoms with Gasteiger partial charge in [0, 0.05) is 63.5 Å². The van der Waals surface area contributed by atoms with E-state index in [-0.39, 0.29) is 51.4 Å². The molecular formula is C12H23KN. The summed E-state index contributed by atoms with van der Waals surface area (Å²) in [5.74, 6) is 0. The standard InChI is InChI=1S/C12H23N.K/c1-3-7-11(8-4-1)13-12-9-5-2-6-10-12;/h11-13H,1-10H2;. The van der Waals surface area contributed by atoms with Gasteiger partial charge in [0.25, 0.3) is 0 Å². The maximum atomic E-state index is 3.86. The summed E-state index contributed by atoms with van der Waals surface area (Å²) < 4.78 is 0. The van der Waals surface area contributed by atoms with E-state index >= 15 is 0 Å². The van der Waals surface area contributed by atoms with Crippen molar-refractivity contribution < 1.29 is 0 Å². The van der Waals surface area contributed by atoms with Crippen LogP contribution in [0.1, 0.15) is 64.2 Å². The van der Waals surface area contributed by atoms with Crippen molar-refractivity contribution in [2.75, 3.05) is 0 Å². The van der Waals surface area contributed by atoms with E-state index < -0.39 is 0 Å². The summed E-state index contributed by atoms with van der Waals surface area (Å²) in [6.45, 7) is 0. The summed E-state index contributed by atoms with van der Waals surface area (Å²) in [6, 6.07) is 1.74. The number of rotatable bonds is 2. The van der Waals surface area contributed by atoms with Gasteiger partial charge in [0.1, 0.15) is 0 Å². The van der Waals surface area contributed by atoms with E-state index in [4.69, 9.17) is 0 Å². The third kappa shape index (κ3) is 4.63. The molecule has 0 saturated heterocycles. The molecule has 77 valence electrons. The third-order valence-electron chi connectivity index (χ3n) is 3.68. The fourth-order valence-corrected chi connectivity index (χ4v) is 2.87. The molecule has 0 amide bonds. The molecule has 0 unspecified atom stereocenters. The van der Waals surface area contributed by atoms with Crippen molar-refractivity contribution in [3.63, 3.8) is 0 Å². The van der Waals surface area contributed by atoms with Crippen LogP contribution in [0.3, 0.4) is 0 Å². The Labute approximate surface area is 131 Å². The minimum atomic E-state index is 0. The summed E-state index contributed by atoms with van der Waals surface area (Å²) in [6.07, 6.45) is 14.6. The van der Waals surface area contributed by atoms with Gasteiger partial charge in [-0.15, -0.1) is 0 Å². The molecule has 2 aliphatic rings. The van der Waals surface area contributed by atoms with Crippen LogP contribution in [0.2, 0.25) is 0 Å². The van der Waals surface area contributed by atoms with Crippen LogP contribution < -0.4 is 5.32 Å². The third-order valence-corrected chi connectivity index (χ3v) is 3.68. The second-order valence-corrected chi connectivity index (χ2v) is 4.84. The molecule has 1 N–H and O–H groups in total. The first-order valence-electron chi connectivity index (χ1n) is 6.21. The van der Waals surface area contributed by atoms with Crippen molar-refractivity contribution in [2.45, 2.75) is 76.3 Å². The Morgan fingerprint density at radius 1 is 0.571 bits per heavy atom. The molecule has 0 aromatic carbocycles. The number of nitrogens with one attached hydrogen (secondary N) is 1. The van der Waals surface area contributed by atoms with Crippen molar-refractivity contribution in [3.8, 4) is 0 Å². The first-order valence-corrected chi connectivity index (χ1v) is 6.21. The van der Waals surface area contributed by atoms with Gasteiger partial charge >= 0.3 is 0 Å². The molecule has 2 heteroatoms. The van der Waals surface area contributed by atoms with Crippen LogP contribution in [0.15, 0.2) is 0 Å². The van der Waals surface area contributed by atoms with Gasteiger partial charge in [0.2, 0.25) is 0 Å². The molecule has 2 rings (SSSR count). The van der Waals surface area contributed by atoms with E-state index in [0.717, 1.165) is 12.1 Å². The van der Waals surface area contributed by atoms with Gasteiger partial charge in [0.05, 0.1) is 0 Å². The van der Waals surface area contributed by atoms with Gasteiger partial charge in [-0.1, -0.05) is 38.5 Å². The van der Waals surface area contributed by atoms with E-state index in [1.165, 1.54) is 64.2 Å². The van der Waals surface area contributed by atoms with Crippen LogP contribution in [-0.2, 0) is 0 Å². The van der Waals surface area contributed by atoms with Crippen LogP contribution in [0.4, 0.5) is 0 Å². The van der Waals surface area contributed by atoms with Gasteiger partial charge in [0.15, 0.2) is 0 Å². The second kappa shape index (κ2) is 7.80. The molecule has 2 fully saturated rings. The fraction of sp³-hybridized carbons (Fsp3) is 1.00. The minimum Gasteiger partial charge on any atom is -0.311 e. The Bertz CT molecular complexity index is 121. The maximum Gasteiger partial charge on any atom is 0.00696 e. The van der Waals surface area contributed by atoms with E-state index in [2.05, 4.69) is 5.32 Å². The topological polar surface area (TPSA) is 12.0 Å². The predicted octanol–water partition coefficient (Wildman–Crippen LogP) is 2.86. The maximum absolute atomic E-state index is 3.86. The van der Waals surface area contributed by atoms with E-state index in [9.17, 15) is 0 Å². The molecule has 0 spiro atoms. The van der Waals surface area contributed by atoms with Crippen LogP contribution in [0, 0.1) is 0 Å². The molecule has 0 atom stereocenters. The molecule has 0 aromatic heterocycles. The predicted molar refractivity (Wildman–Crippen MR) is 62.6 cm³/mol. The van der Waals surface area contributed by atoms with Crippen LogP contribution in [0.25, 0.3) is 0 Å². The van der Waals surface area contributed by atoms with Crippen molar-refractivity contribution in [3.05, 3.63) is 0 Å². The average molecular weight is 220 g/mol. The molecule has 0 bridgehead atoms. The Morgan fingerprint density at radius 3 is 1.29 bits per heavy atom. The van der Waals surface area contributed by atoms with E-state index in [0.29, 0.717) is 0 Å². The zero-order valence-electron chi connectivity index (χ0n) is 9.73. The normalized spacial score (nSPS) is 25.7. The Morgan fingerprint density at radius 2 is 0.929 bits per heavy atom. The van der Waals surface area contributed by atoms with Crippen LogP contribution >= 0.6 is 0 Å². The molecule has 2 saturated carbocycles. The van der Waals surface area contributed by atoms with Gasteiger partial charge < -0.3 is 5.32 Å². The van der Waals surface area contributed by atoms with Crippen molar-refractivity contribution in [1.29, 1.82) is 0 Å². The average Bonchev–Trinajstić information content (AvgIpc) is 2.21. The Hall–Kier alpha value is 1.60. The van der Waals surface area contributed by atoms with E-state index in [1.54, 1.807) is 0 Å². The molecule has 1 radical (unpaired) electrons. The van der Waals surface area contributed by atoms with Crippen LogP contribution in [0.5, 0.6) is 0 Å². The van der Waals surface area contributed by atoms with Gasteiger partial charge in [-0.3, -0.25) is 0 Å². The molecule has 0 heterocycles. The largest absolute Gasteiger partial charge is 0.311 e. The molecule has 2 aliphatic carbocycles. The van der Waals surface area contributed by atoms with Gasteiger partial charge in [-0.2, -0.15) is 0 Å². The second-order valence-electron chi connectivity index (χ2n) is 4.84. The zero-order valence-corrected chi connectivity index (χ0v) is 12.8. The summed E-state index contributed by atoms with van der Waals surface area (Å²) in [5, 5.41) is 3.86. The van der Waals surface area contributed by atoms with Crippen molar-refractivity contribution >= 4 is 51.4 Å². The Kier molecular flexibility index (Phi) is 7.61. The van der Waals surface area contributed by atoms with Gasteiger partial charge in [-0.25, -0.2) is 0 Å². The summed E-state index contributed by atoms with van der Waals surface area (Å²) >= 11 is 0. The van der Waals surface area contributed by atoms with Gasteiger partial charge in [-0.05, 0) is 25.7 Å². The van der Waals surface area contributed by atoms with Crippen molar-refractivity contribution in [2.24, 2.45) is 0 Å². The smallest absolute Gasteiger partial charge is 0.00696 e. The summed E-state index contributed by atoms with van der Waals surface area (Å²) in [7, 11) is 0.